The highest BCUT2D eigenvalue weighted by Gasteiger charge is 2.10. The second kappa shape index (κ2) is 5.13. The van der Waals surface area contributed by atoms with Crippen LogP contribution < -0.4 is 5.76 Å². The molecule has 0 aliphatic rings. The summed E-state index contributed by atoms with van der Waals surface area (Å²) in [6, 6.07) is 1.74. The zero-order valence-corrected chi connectivity index (χ0v) is 9.80. The molecular weight excluding hydrogens is 232 g/mol. The number of aromatic amines is 2. The van der Waals surface area contributed by atoms with Gasteiger partial charge in [0.1, 0.15) is 5.69 Å². The van der Waals surface area contributed by atoms with Crippen molar-refractivity contribution in [2.75, 3.05) is 0 Å². The van der Waals surface area contributed by atoms with Crippen LogP contribution in [0.15, 0.2) is 46.2 Å². The summed E-state index contributed by atoms with van der Waals surface area (Å²) in [4.78, 5) is 10.9. The van der Waals surface area contributed by atoms with Crippen LogP contribution in [-0.4, -0.2) is 20.4 Å². The van der Waals surface area contributed by atoms with E-state index in [1.165, 1.54) is 0 Å². The molecule has 0 amide bonds. The van der Waals surface area contributed by atoms with Crippen LogP contribution in [0.3, 0.4) is 0 Å². The lowest BCUT2D eigenvalue weighted by Crippen LogP contribution is -1.93. The van der Waals surface area contributed by atoms with Crippen LogP contribution in [0.4, 0.5) is 0 Å². The quantitative estimate of drug-likeness (QED) is 0.804. The molecule has 0 unspecified atom stereocenters. The van der Waals surface area contributed by atoms with E-state index in [0.29, 0.717) is 11.4 Å². The predicted molar refractivity (Wildman–Crippen MR) is 67.7 cm³/mol. The minimum atomic E-state index is -0.600. The van der Waals surface area contributed by atoms with Gasteiger partial charge in [0.2, 0.25) is 0 Å². The van der Waals surface area contributed by atoms with E-state index in [2.05, 4.69) is 27.0 Å². The van der Waals surface area contributed by atoms with Crippen molar-refractivity contribution in [3.05, 3.63) is 53.2 Å². The summed E-state index contributed by atoms with van der Waals surface area (Å²) >= 11 is 0. The Morgan fingerprint density at radius 3 is 2.89 bits per heavy atom. The van der Waals surface area contributed by atoms with Gasteiger partial charge in [-0.2, -0.15) is 5.10 Å². The first-order chi connectivity index (χ1) is 8.74. The Labute approximate surface area is 103 Å². The molecule has 6 nitrogen and oxygen atoms in total. The highest BCUT2D eigenvalue weighted by Crippen LogP contribution is 2.19. The summed E-state index contributed by atoms with van der Waals surface area (Å²) < 4.78 is 4.83. The van der Waals surface area contributed by atoms with Crippen molar-refractivity contribution in [3.63, 3.8) is 0 Å². The molecule has 0 atom stereocenters. The van der Waals surface area contributed by atoms with Crippen molar-refractivity contribution in [2.45, 2.75) is 6.92 Å². The monoisotopic (exact) mass is 244 g/mol. The van der Waals surface area contributed by atoms with Crippen LogP contribution in [0.5, 0.6) is 0 Å². The summed E-state index contributed by atoms with van der Waals surface area (Å²) in [5.74, 6) is -0.423. The molecule has 2 aromatic rings. The van der Waals surface area contributed by atoms with Crippen molar-refractivity contribution in [1.82, 2.24) is 20.4 Å². The van der Waals surface area contributed by atoms with Crippen LogP contribution in [-0.2, 0) is 0 Å². The van der Waals surface area contributed by atoms with E-state index in [-0.39, 0.29) is 5.89 Å². The predicted octanol–water partition coefficient (Wildman–Crippen LogP) is 1.90. The van der Waals surface area contributed by atoms with E-state index >= 15 is 0 Å². The molecule has 0 saturated heterocycles. The third-order valence-corrected chi connectivity index (χ3v) is 2.19. The van der Waals surface area contributed by atoms with E-state index in [9.17, 15) is 4.79 Å². The van der Waals surface area contributed by atoms with Crippen molar-refractivity contribution in [1.29, 1.82) is 0 Å². The SMILES string of the molecule is C=C/C=C(\C=C/C)c1cc(-c2n[nH]c(=O)o2)[nH]n1. The number of nitrogens with one attached hydrogen (secondary N) is 2. The minimum absolute atomic E-state index is 0.178. The maximum absolute atomic E-state index is 10.9. The van der Waals surface area contributed by atoms with Crippen LogP contribution in [0.1, 0.15) is 12.6 Å². The number of H-pyrrole nitrogens is 2. The van der Waals surface area contributed by atoms with E-state index in [0.717, 1.165) is 5.57 Å². The maximum atomic E-state index is 10.9. The molecule has 0 radical (unpaired) electrons. The van der Waals surface area contributed by atoms with E-state index in [1.54, 1.807) is 12.1 Å². The highest BCUT2D eigenvalue weighted by molar-refractivity contribution is 5.74. The molecule has 0 spiro atoms. The summed E-state index contributed by atoms with van der Waals surface area (Å²) in [6.07, 6.45) is 7.32. The Morgan fingerprint density at radius 1 is 1.44 bits per heavy atom. The van der Waals surface area contributed by atoms with E-state index in [4.69, 9.17) is 4.42 Å². The fraction of sp³-hybridized carbons (Fsp3) is 0.0833. The second-order valence-corrected chi connectivity index (χ2v) is 3.44. The lowest BCUT2D eigenvalue weighted by Gasteiger charge is -1.93. The number of allylic oxidation sites excluding steroid dienone is 5. The van der Waals surface area contributed by atoms with Gasteiger partial charge in [0.15, 0.2) is 0 Å². The number of hydrogen-bond acceptors (Lipinski definition) is 4. The van der Waals surface area contributed by atoms with Crippen molar-refractivity contribution in [3.8, 4) is 11.6 Å². The Bertz CT molecular complexity index is 657. The number of nitrogens with zero attached hydrogens (tertiary/aromatic N) is 2. The molecule has 18 heavy (non-hydrogen) atoms. The fourth-order valence-electron chi connectivity index (χ4n) is 1.46. The first-order valence-electron chi connectivity index (χ1n) is 5.31. The molecule has 2 rings (SSSR count). The molecule has 2 N–H and O–H groups in total. The maximum Gasteiger partial charge on any atom is 0.434 e. The zero-order valence-electron chi connectivity index (χ0n) is 9.80. The molecule has 2 aromatic heterocycles. The minimum Gasteiger partial charge on any atom is -0.386 e. The Morgan fingerprint density at radius 2 is 2.28 bits per heavy atom. The van der Waals surface area contributed by atoms with Crippen molar-refractivity contribution in [2.24, 2.45) is 0 Å². The van der Waals surface area contributed by atoms with Gasteiger partial charge in [0.05, 0.1) is 5.69 Å². The molecule has 0 fully saturated rings. The number of aromatic nitrogens is 4. The number of hydrogen-bond donors (Lipinski definition) is 2. The van der Waals surface area contributed by atoms with Gasteiger partial charge in [-0.3, -0.25) is 5.10 Å². The molecule has 92 valence electrons. The van der Waals surface area contributed by atoms with Gasteiger partial charge < -0.3 is 4.42 Å². The molecule has 6 heteroatoms. The molecule has 0 aliphatic carbocycles. The van der Waals surface area contributed by atoms with Crippen LogP contribution in [0, 0.1) is 0 Å². The molecule has 0 aromatic carbocycles. The van der Waals surface area contributed by atoms with Crippen molar-refractivity contribution < 1.29 is 4.42 Å². The fourth-order valence-corrected chi connectivity index (χ4v) is 1.46. The Kier molecular flexibility index (Phi) is 3.38. The summed E-state index contributed by atoms with van der Waals surface area (Å²) in [5, 5.41) is 12.8. The van der Waals surface area contributed by atoms with Gasteiger partial charge in [0, 0.05) is 5.57 Å². The van der Waals surface area contributed by atoms with Crippen molar-refractivity contribution >= 4 is 5.57 Å². The van der Waals surface area contributed by atoms with Crippen LogP contribution in [0.25, 0.3) is 17.2 Å². The van der Waals surface area contributed by atoms with Gasteiger partial charge in [-0.15, -0.1) is 5.10 Å². The second-order valence-electron chi connectivity index (χ2n) is 3.44. The summed E-state index contributed by atoms with van der Waals surface area (Å²) in [6.45, 7) is 5.57. The normalized spacial score (nSPS) is 12.2. The number of rotatable bonds is 4. The topological polar surface area (TPSA) is 87.6 Å². The average Bonchev–Trinajstić information content (AvgIpc) is 2.97. The Balaban J connectivity index is 2.38. The standard InChI is InChI=1S/C12H12N4O2/c1-3-5-8(6-4-2)9-7-10(14-13-9)11-15-16-12(17)18-11/h3-7H,1H2,2H3,(H,13,14)(H,16,17)/b6-4-,8-5+. The van der Waals surface area contributed by atoms with Gasteiger partial charge in [0.25, 0.3) is 5.89 Å². The summed E-state index contributed by atoms with van der Waals surface area (Å²) in [5.41, 5.74) is 2.14. The molecule has 0 saturated carbocycles. The smallest absolute Gasteiger partial charge is 0.386 e. The third kappa shape index (κ3) is 2.37. The van der Waals surface area contributed by atoms with Gasteiger partial charge in [-0.1, -0.05) is 30.9 Å². The Hall–Kier alpha value is -2.63. The van der Waals surface area contributed by atoms with Gasteiger partial charge in [-0.05, 0) is 13.0 Å². The lowest BCUT2D eigenvalue weighted by molar-refractivity contribution is 0.525. The van der Waals surface area contributed by atoms with E-state index < -0.39 is 5.76 Å². The molecule has 0 bridgehead atoms. The average molecular weight is 244 g/mol. The van der Waals surface area contributed by atoms with Crippen LogP contribution in [0.2, 0.25) is 0 Å². The molecular formula is C12H12N4O2. The van der Waals surface area contributed by atoms with Gasteiger partial charge in [-0.25, -0.2) is 9.89 Å². The largest absolute Gasteiger partial charge is 0.434 e. The molecule has 0 aliphatic heterocycles. The zero-order chi connectivity index (χ0) is 13.0. The molecule has 2 heterocycles. The first-order valence-corrected chi connectivity index (χ1v) is 5.31. The third-order valence-electron chi connectivity index (χ3n) is 2.19. The van der Waals surface area contributed by atoms with Crippen LogP contribution >= 0.6 is 0 Å². The summed E-state index contributed by atoms with van der Waals surface area (Å²) in [7, 11) is 0. The lowest BCUT2D eigenvalue weighted by atomic mass is 10.1. The highest BCUT2D eigenvalue weighted by atomic mass is 16.4. The van der Waals surface area contributed by atoms with Gasteiger partial charge >= 0.3 is 5.76 Å². The first kappa shape index (κ1) is 11.8. The van der Waals surface area contributed by atoms with E-state index in [1.807, 2.05) is 25.2 Å².